The number of rotatable bonds is 9. The van der Waals surface area contributed by atoms with Crippen LogP contribution in [0.3, 0.4) is 0 Å². The van der Waals surface area contributed by atoms with Crippen molar-refractivity contribution in [2.45, 2.75) is 38.0 Å². The molecule has 7 nitrogen and oxygen atoms in total. The van der Waals surface area contributed by atoms with Crippen molar-refractivity contribution in [2.24, 2.45) is 0 Å². The van der Waals surface area contributed by atoms with Gasteiger partial charge in [-0.1, -0.05) is 43.5 Å². The standard InChI is InChI=1S/C30H32N2O5/c31-25-18-24(19-26(32)20-25)30(34)36-17-16-35-27-11-6-21(7-12-27)8-15-29(33)37-28-13-9-23(10-14-28)22-4-2-1-3-5-22/h6-15,18-20,22H,1-5,16-17,31-32H2. The van der Waals surface area contributed by atoms with E-state index in [4.69, 9.17) is 25.7 Å². The highest BCUT2D eigenvalue weighted by Crippen LogP contribution is 2.33. The maximum atomic E-state index is 12.2. The van der Waals surface area contributed by atoms with Crippen molar-refractivity contribution in [1.82, 2.24) is 0 Å². The molecule has 0 spiro atoms. The third-order valence-electron chi connectivity index (χ3n) is 6.27. The Bertz CT molecular complexity index is 1210. The fourth-order valence-electron chi connectivity index (χ4n) is 4.41. The highest BCUT2D eigenvalue weighted by atomic mass is 16.6. The fourth-order valence-corrected chi connectivity index (χ4v) is 4.41. The molecule has 3 aromatic rings. The molecule has 0 atom stereocenters. The van der Waals surface area contributed by atoms with E-state index in [0.29, 0.717) is 34.4 Å². The number of anilines is 2. The Kier molecular flexibility index (Phi) is 8.81. The minimum absolute atomic E-state index is 0.0721. The van der Waals surface area contributed by atoms with E-state index in [2.05, 4.69) is 12.1 Å². The normalized spacial score (nSPS) is 13.8. The molecule has 0 bridgehead atoms. The van der Waals surface area contributed by atoms with Crippen LogP contribution in [0.25, 0.3) is 6.08 Å². The number of nitrogens with two attached hydrogens (primary N) is 2. The molecular formula is C30H32N2O5. The summed E-state index contributed by atoms with van der Waals surface area (Å²) in [5.74, 6) is 0.818. The number of nitrogen functional groups attached to an aromatic ring is 2. The van der Waals surface area contributed by atoms with Crippen LogP contribution >= 0.6 is 0 Å². The molecule has 3 aromatic carbocycles. The van der Waals surface area contributed by atoms with Gasteiger partial charge in [-0.2, -0.15) is 0 Å². The molecule has 192 valence electrons. The molecule has 1 saturated carbocycles. The van der Waals surface area contributed by atoms with Crippen LogP contribution in [0.2, 0.25) is 0 Å². The number of esters is 2. The van der Waals surface area contributed by atoms with Crippen LogP contribution in [0.4, 0.5) is 11.4 Å². The summed E-state index contributed by atoms with van der Waals surface area (Å²) in [5, 5.41) is 0. The molecule has 1 aliphatic rings. The van der Waals surface area contributed by atoms with E-state index in [0.717, 1.165) is 5.56 Å². The van der Waals surface area contributed by atoms with Crippen LogP contribution in [0.1, 0.15) is 59.5 Å². The van der Waals surface area contributed by atoms with Crippen molar-refractivity contribution in [3.8, 4) is 11.5 Å². The molecule has 37 heavy (non-hydrogen) atoms. The zero-order valence-corrected chi connectivity index (χ0v) is 20.7. The average Bonchev–Trinajstić information content (AvgIpc) is 2.91. The van der Waals surface area contributed by atoms with Gasteiger partial charge in [-0.15, -0.1) is 0 Å². The second-order valence-corrected chi connectivity index (χ2v) is 9.10. The van der Waals surface area contributed by atoms with Gasteiger partial charge in [0.1, 0.15) is 24.7 Å². The van der Waals surface area contributed by atoms with Gasteiger partial charge in [-0.25, -0.2) is 9.59 Å². The number of carbonyl (C=O) groups is 2. The molecule has 0 radical (unpaired) electrons. The van der Waals surface area contributed by atoms with Crippen molar-refractivity contribution >= 4 is 29.4 Å². The largest absolute Gasteiger partial charge is 0.490 e. The van der Waals surface area contributed by atoms with Gasteiger partial charge < -0.3 is 25.7 Å². The molecule has 0 amide bonds. The van der Waals surface area contributed by atoms with Gasteiger partial charge in [-0.3, -0.25) is 0 Å². The quantitative estimate of drug-likeness (QED) is 0.126. The van der Waals surface area contributed by atoms with Crippen molar-refractivity contribution in [3.05, 3.63) is 89.5 Å². The first kappa shape index (κ1) is 25.8. The molecule has 0 unspecified atom stereocenters. The zero-order valence-electron chi connectivity index (χ0n) is 20.7. The molecule has 1 aliphatic carbocycles. The summed E-state index contributed by atoms with van der Waals surface area (Å²) in [6, 6.07) is 19.6. The highest BCUT2D eigenvalue weighted by molar-refractivity contribution is 5.91. The predicted molar refractivity (Wildman–Crippen MR) is 144 cm³/mol. The predicted octanol–water partition coefficient (Wildman–Crippen LogP) is 5.75. The van der Waals surface area contributed by atoms with E-state index in [1.165, 1.54) is 55.9 Å². The molecule has 4 N–H and O–H groups in total. The first-order valence-corrected chi connectivity index (χ1v) is 12.5. The van der Waals surface area contributed by atoms with E-state index >= 15 is 0 Å². The molecule has 0 saturated heterocycles. The lowest BCUT2D eigenvalue weighted by Crippen LogP contribution is -2.13. The van der Waals surface area contributed by atoms with E-state index in [-0.39, 0.29) is 13.2 Å². The van der Waals surface area contributed by atoms with Gasteiger partial charge >= 0.3 is 11.9 Å². The van der Waals surface area contributed by atoms with Crippen molar-refractivity contribution < 1.29 is 23.8 Å². The number of hydrogen-bond acceptors (Lipinski definition) is 7. The zero-order chi connectivity index (χ0) is 26.0. The van der Waals surface area contributed by atoms with E-state index in [1.807, 2.05) is 24.3 Å². The van der Waals surface area contributed by atoms with Crippen LogP contribution in [0.15, 0.2) is 72.8 Å². The minimum Gasteiger partial charge on any atom is -0.490 e. The summed E-state index contributed by atoms with van der Waals surface area (Å²) in [7, 11) is 0. The molecule has 0 heterocycles. The fraction of sp³-hybridized carbons (Fsp3) is 0.267. The van der Waals surface area contributed by atoms with Gasteiger partial charge in [-0.05, 0) is 78.4 Å². The number of ether oxygens (including phenoxy) is 3. The second-order valence-electron chi connectivity index (χ2n) is 9.10. The molecule has 0 aliphatic heterocycles. The van der Waals surface area contributed by atoms with Crippen LogP contribution < -0.4 is 20.9 Å². The van der Waals surface area contributed by atoms with Gasteiger partial charge in [0.05, 0.1) is 5.56 Å². The Morgan fingerprint density at radius 1 is 0.811 bits per heavy atom. The van der Waals surface area contributed by atoms with Crippen molar-refractivity contribution in [2.75, 3.05) is 24.7 Å². The Balaban J connectivity index is 1.19. The number of benzene rings is 3. The van der Waals surface area contributed by atoms with Gasteiger partial charge in [0, 0.05) is 17.5 Å². The Morgan fingerprint density at radius 2 is 1.46 bits per heavy atom. The first-order chi connectivity index (χ1) is 18.0. The molecular weight excluding hydrogens is 468 g/mol. The van der Waals surface area contributed by atoms with Crippen LogP contribution in [-0.4, -0.2) is 25.2 Å². The minimum atomic E-state index is -0.518. The third kappa shape index (κ3) is 7.87. The summed E-state index contributed by atoms with van der Waals surface area (Å²) in [4.78, 5) is 24.3. The summed E-state index contributed by atoms with van der Waals surface area (Å²) >= 11 is 0. The van der Waals surface area contributed by atoms with Crippen LogP contribution in [0, 0.1) is 0 Å². The van der Waals surface area contributed by atoms with E-state index in [9.17, 15) is 9.59 Å². The highest BCUT2D eigenvalue weighted by Gasteiger charge is 2.15. The monoisotopic (exact) mass is 500 g/mol. The maximum Gasteiger partial charge on any atom is 0.338 e. The van der Waals surface area contributed by atoms with E-state index in [1.54, 1.807) is 24.3 Å². The second kappa shape index (κ2) is 12.6. The molecule has 0 aromatic heterocycles. The first-order valence-electron chi connectivity index (χ1n) is 12.5. The van der Waals surface area contributed by atoms with Crippen molar-refractivity contribution in [1.29, 1.82) is 0 Å². The smallest absolute Gasteiger partial charge is 0.338 e. The third-order valence-corrected chi connectivity index (χ3v) is 6.27. The maximum absolute atomic E-state index is 12.2. The van der Waals surface area contributed by atoms with Gasteiger partial charge in [0.25, 0.3) is 0 Å². The Hall–Kier alpha value is -4.26. The lowest BCUT2D eigenvalue weighted by molar-refractivity contribution is -0.128. The lowest BCUT2D eigenvalue weighted by atomic mass is 9.84. The van der Waals surface area contributed by atoms with Crippen LogP contribution in [-0.2, 0) is 9.53 Å². The average molecular weight is 501 g/mol. The van der Waals surface area contributed by atoms with Crippen LogP contribution in [0.5, 0.6) is 11.5 Å². The summed E-state index contributed by atoms with van der Waals surface area (Å²) in [6.07, 6.45) is 9.45. The lowest BCUT2D eigenvalue weighted by Gasteiger charge is -2.21. The SMILES string of the molecule is Nc1cc(N)cc(C(=O)OCCOc2ccc(C=CC(=O)Oc3ccc(C4CCCCC4)cc3)cc2)c1. The Labute approximate surface area is 217 Å². The number of hydrogen-bond donors (Lipinski definition) is 2. The molecule has 1 fully saturated rings. The van der Waals surface area contributed by atoms with Gasteiger partial charge in [0.2, 0.25) is 0 Å². The summed E-state index contributed by atoms with van der Waals surface area (Å²) in [6.45, 7) is 0.257. The topological polar surface area (TPSA) is 114 Å². The summed E-state index contributed by atoms with van der Waals surface area (Å²) in [5.41, 5.74) is 14.6. The van der Waals surface area contributed by atoms with E-state index < -0.39 is 11.9 Å². The van der Waals surface area contributed by atoms with Crippen molar-refractivity contribution in [3.63, 3.8) is 0 Å². The molecule has 7 heteroatoms. The molecule has 4 rings (SSSR count). The van der Waals surface area contributed by atoms with Gasteiger partial charge in [0.15, 0.2) is 0 Å². The Morgan fingerprint density at radius 3 is 2.14 bits per heavy atom. The summed E-state index contributed by atoms with van der Waals surface area (Å²) < 4.78 is 16.2. The number of carbonyl (C=O) groups excluding carboxylic acids is 2.